The lowest BCUT2D eigenvalue weighted by Gasteiger charge is -2.18. The van der Waals surface area contributed by atoms with E-state index in [4.69, 9.17) is 15.6 Å². The molecule has 0 saturated carbocycles. The zero-order chi connectivity index (χ0) is 12.2. The Kier molecular flexibility index (Phi) is 3.89. The van der Waals surface area contributed by atoms with E-state index in [1.54, 1.807) is 17.1 Å². The van der Waals surface area contributed by atoms with Gasteiger partial charge in [0, 0.05) is 6.54 Å². The number of hydrogen-bond donors (Lipinski definition) is 2. The molecular weight excluding hydrogens is 210 g/mol. The van der Waals surface area contributed by atoms with Crippen LogP contribution in [-0.2, 0) is 11.3 Å². The van der Waals surface area contributed by atoms with Crippen molar-refractivity contribution in [1.29, 1.82) is 0 Å². The van der Waals surface area contributed by atoms with Crippen molar-refractivity contribution in [1.82, 2.24) is 9.78 Å². The first-order chi connectivity index (χ1) is 7.45. The van der Waals surface area contributed by atoms with Crippen LogP contribution in [0.4, 0.5) is 0 Å². The van der Waals surface area contributed by atoms with Crippen molar-refractivity contribution < 1.29 is 14.6 Å². The molecule has 6 nitrogen and oxygen atoms in total. The van der Waals surface area contributed by atoms with Gasteiger partial charge >= 0.3 is 5.97 Å². The van der Waals surface area contributed by atoms with Crippen LogP contribution < -0.4 is 10.5 Å². The van der Waals surface area contributed by atoms with E-state index >= 15 is 0 Å². The number of aryl methyl sites for hydroxylation is 1. The quantitative estimate of drug-likeness (QED) is 0.737. The second-order valence-corrected chi connectivity index (χ2v) is 3.84. The Labute approximate surface area is 94.0 Å². The van der Waals surface area contributed by atoms with Gasteiger partial charge in [0.25, 0.3) is 0 Å². The van der Waals surface area contributed by atoms with Crippen LogP contribution in [-0.4, -0.2) is 33.0 Å². The molecule has 90 valence electrons. The van der Waals surface area contributed by atoms with Crippen molar-refractivity contribution in [2.75, 3.05) is 6.61 Å². The highest BCUT2D eigenvalue weighted by molar-refractivity contribution is 5.77. The van der Waals surface area contributed by atoms with Crippen molar-refractivity contribution in [2.24, 2.45) is 5.73 Å². The van der Waals surface area contributed by atoms with Gasteiger partial charge in [0.05, 0.1) is 19.0 Å². The minimum Gasteiger partial charge on any atom is -0.491 e. The van der Waals surface area contributed by atoms with Gasteiger partial charge in [0.1, 0.15) is 5.54 Å². The van der Waals surface area contributed by atoms with Crippen LogP contribution in [0.2, 0.25) is 0 Å². The van der Waals surface area contributed by atoms with Crippen molar-refractivity contribution in [3.05, 3.63) is 12.4 Å². The number of rotatable bonds is 6. The van der Waals surface area contributed by atoms with Crippen LogP contribution in [0.15, 0.2) is 12.4 Å². The molecule has 1 rings (SSSR count). The fourth-order valence-corrected chi connectivity index (χ4v) is 1.16. The summed E-state index contributed by atoms with van der Waals surface area (Å²) in [6.07, 6.45) is 3.63. The molecule has 0 aliphatic rings. The fraction of sp³-hybridized carbons (Fsp3) is 0.600. The largest absolute Gasteiger partial charge is 0.491 e. The number of ether oxygens (including phenoxy) is 1. The van der Waals surface area contributed by atoms with Gasteiger partial charge in [-0.2, -0.15) is 5.10 Å². The summed E-state index contributed by atoms with van der Waals surface area (Å²) in [5.74, 6) is -0.332. The van der Waals surface area contributed by atoms with Crippen LogP contribution in [0, 0.1) is 0 Å². The number of carboxylic acids is 1. The van der Waals surface area contributed by atoms with Gasteiger partial charge in [-0.05, 0) is 20.3 Å². The van der Waals surface area contributed by atoms with Gasteiger partial charge in [0.15, 0.2) is 5.75 Å². The summed E-state index contributed by atoms with van der Waals surface area (Å²) in [6, 6.07) is 0. The molecule has 3 N–H and O–H groups in total. The number of aromatic nitrogens is 2. The van der Waals surface area contributed by atoms with Crippen molar-refractivity contribution in [3.8, 4) is 5.75 Å². The lowest BCUT2D eigenvalue weighted by atomic mass is 10.00. The molecule has 16 heavy (non-hydrogen) atoms. The zero-order valence-electron chi connectivity index (χ0n) is 9.51. The summed E-state index contributed by atoms with van der Waals surface area (Å²) in [5, 5.41) is 12.9. The molecule has 0 fully saturated rings. The maximum absolute atomic E-state index is 10.8. The number of hydrogen-bond acceptors (Lipinski definition) is 4. The van der Waals surface area contributed by atoms with Gasteiger partial charge in [-0.3, -0.25) is 9.48 Å². The standard InChI is InChI=1S/C10H17N3O3/c1-3-16-8-6-12-13(7-8)5-4-10(2,11)9(14)15/h6-7H,3-5,11H2,1-2H3,(H,14,15). The third kappa shape index (κ3) is 3.23. The number of nitrogens with zero attached hydrogens (tertiary/aromatic N) is 2. The molecule has 0 bridgehead atoms. The molecule has 1 aromatic heterocycles. The number of carboxylic acid groups (broad SMARTS) is 1. The topological polar surface area (TPSA) is 90.4 Å². The lowest BCUT2D eigenvalue weighted by Crippen LogP contribution is -2.45. The van der Waals surface area contributed by atoms with Crippen LogP contribution in [0.5, 0.6) is 5.75 Å². The summed E-state index contributed by atoms with van der Waals surface area (Å²) < 4.78 is 6.86. The van der Waals surface area contributed by atoms with Crippen LogP contribution >= 0.6 is 0 Å². The van der Waals surface area contributed by atoms with E-state index in [-0.39, 0.29) is 0 Å². The van der Waals surface area contributed by atoms with Crippen molar-refractivity contribution >= 4 is 5.97 Å². The summed E-state index contributed by atoms with van der Waals surface area (Å²) in [5.41, 5.74) is 4.38. The molecule has 0 spiro atoms. The minimum absolute atomic E-state index is 0.315. The van der Waals surface area contributed by atoms with E-state index in [2.05, 4.69) is 5.10 Å². The van der Waals surface area contributed by atoms with Crippen molar-refractivity contribution in [3.63, 3.8) is 0 Å². The molecule has 1 atom stereocenters. The van der Waals surface area contributed by atoms with Gasteiger partial charge in [-0.1, -0.05) is 0 Å². The van der Waals surface area contributed by atoms with Gasteiger partial charge in [0.2, 0.25) is 0 Å². The van der Waals surface area contributed by atoms with E-state index in [0.29, 0.717) is 25.3 Å². The van der Waals surface area contributed by atoms with Gasteiger partial charge in [-0.25, -0.2) is 0 Å². The molecule has 1 aromatic rings. The predicted molar refractivity (Wildman–Crippen MR) is 58.2 cm³/mol. The summed E-state index contributed by atoms with van der Waals surface area (Å²) in [7, 11) is 0. The molecule has 0 amide bonds. The highest BCUT2D eigenvalue weighted by Gasteiger charge is 2.27. The van der Waals surface area contributed by atoms with E-state index in [1.807, 2.05) is 6.92 Å². The summed E-state index contributed by atoms with van der Waals surface area (Å²) in [6.45, 7) is 4.41. The second-order valence-electron chi connectivity index (χ2n) is 3.84. The summed E-state index contributed by atoms with van der Waals surface area (Å²) in [4.78, 5) is 10.8. The SMILES string of the molecule is CCOc1cnn(CCC(C)(N)C(=O)O)c1. The average Bonchev–Trinajstić information content (AvgIpc) is 2.63. The Morgan fingerprint density at radius 3 is 3.00 bits per heavy atom. The Balaban J connectivity index is 2.51. The second kappa shape index (κ2) is 4.98. The maximum Gasteiger partial charge on any atom is 0.323 e. The van der Waals surface area contributed by atoms with E-state index in [9.17, 15) is 4.79 Å². The van der Waals surface area contributed by atoms with Crippen molar-refractivity contribution in [2.45, 2.75) is 32.4 Å². The molecule has 0 radical (unpaired) electrons. The molecule has 0 aliphatic heterocycles. The smallest absolute Gasteiger partial charge is 0.323 e. The molecule has 0 saturated heterocycles. The fourth-order valence-electron chi connectivity index (χ4n) is 1.16. The van der Waals surface area contributed by atoms with E-state index in [0.717, 1.165) is 0 Å². The molecule has 1 heterocycles. The third-order valence-corrected chi connectivity index (χ3v) is 2.27. The minimum atomic E-state index is -1.22. The Morgan fingerprint density at radius 2 is 2.44 bits per heavy atom. The monoisotopic (exact) mass is 227 g/mol. The van der Waals surface area contributed by atoms with Gasteiger partial charge < -0.3 is 15.6 Å². The molecule has 0 aromatic carbocycles. The first-order valence-electron chi connectivity index (χ1n) is 5.13. The first kappa shape index (κ1) is 12.5. The highest BCUT2D eigenvalue weighted by atomic mass is 16.5. The Morgan fingerprint density at radius 1 is 1.75 bits per heavy atom. The van der Waals surface area contributed by atoms with Crippen LogP contribution in [0.25, 0.3) is 0 Å². The number of nitrogens with two attached hydrogens (primary N) is 1. The third-order valence-electron chi connectivity index (χ3n) is 2.27. The molecular formula is C10H17N3O3. The lowest BCUT2D eigenvalue weighted by molar-refractivity contribution is -0.143. The maximum atomic E-state index is 10.8. The number of carbonyl (C=O) groups is 1. The van der Waals surface area contributed by atoms with Gasteiger partial charge in [-0.15, -0.1) is 0 Å². The van der Waals surface area contributed by atoms with E-state index < -0.39 is 11.5 Å². The molecule has 6 heteroatoms. The van der Waals surface area contributed by atoms with E-state index in [1.165, 1.54) is 6.92 Å². The van der Waals surface area contributed by atoms with Crippen LogP contribution in [0.1, 0.15) is 20.3 Å². The average molecular weight is 227 g/mol. The molecule has 1 unspecified atom stereocenters. The zero-order valence-corrected chi connectivity index (χ0v) is 9.51. The number of aliphatic carboxylic acids is 1. The predicted octanol–water partition coefficient (Wildman–Crippen LogP) is 0.474. The Hall–Kier alpha value is -1.56. The molecule has 0 aliphatic carbocycles. The van der Waals surface area contributed by atoms with Crippen LogP contribution in [0.3, 0.4) is 0 Å². The normalized spacial score (nSPS) is 14.4. The Bertz CT molecular complexity index is 360. The summed E-state index contributed by atoms with van der Waals surface area (Å²) >= 11 is 0. The highest BCUT2D eigenvalue weighted by Crippen LogP contribution is 2.11. The first-order valence-corrected chi connectivity index (χ1v) is 5.13.